The van der Waals surface area contributed by atoms with Crippen LogP contribution in [0.25, 0.3) is 5.69 Å². The number of rotatable bonds is 6. The summed E-state index contributed by atoms with van der Waals surface area (Å²) in [5.41, 5.74) is 2.24. The molecule has 0 saturated carbocycles. The molecule has 21 heavy (non-hydrogen) atoms. The van der Waals surface area contributed by atoms with Gasteiger partial charge in [0.05, 0.1) is 28.8 Å². The average Bonchev–Trinajstić information content (AvgIpc) is 2.88. The fourth-order valence-corrected chi connectivity index (χ4v) is 2.68. The molecule has 0 radical (unpaired) electrons. The summed E-state index contributed by atoms with van der Waals surface area (Å²) in [6.07, 6.45) is 1.81. The number of thioether (sulfide) groups is 1. The van der Waals surface area contributed by atoms with E-state index in [9.17, 15) is 4.79 Å². The number of hydrogen-bond donors (Lipinski definition) is 1. The lowest BCUT2D eigenvalue weighted by Gasteiger charge is -2.06. The first-order valence-electron chi connectivity index (χ1n) is 6.58. The van der Waals surface area contributed by atoms with Crippen LogP contribution in [0.5, 0.6) is 0 Å². The van der Waals surface area contributed by atoms with Crippen LogP contribution in [0, 0.1) is 11.3 Å². The summed E-state index contributed by atoms with van der Waals surface area (Å²) in [5, 5.41) is 23.1. The number of nitrogens with zero attached hydrogens (tertiary/aromatic N) is 3. The SMILES string of the molecule is CCCc1cc(SCC(=O)O)n(-c2cccc(C#N)c2)n1. The van der Waals surface area contributed by atoms with Gasteiger partial charge in [-0.25, -0.2) is 4.68 Å². The van der Waals surface area contributed by atoms with Gasteiger partial charge in [-0.1, -0.05) is 31.2 Å². The zero-order valence-electron chi connectivity index (χ0n) is 11.6. The molecule has 5 nitrogen and oxygen atoms in total. The summed E-state index contributed by atoms with van der Waals surface area (Å²) in [6, 6.07) is 11.1. The fourth-order valence-electron chi connectivity index (χ4n) is 1.92. The van der Waals surface area contributed by atoms with Crippen molar-refractivity contribution in [2.24, 2.45) is 0 Å². The second kappa shape index (κ2) is 6.95. The molecule has 0 atom stereocenters. The van der Waals surface area contributed by atoms with Crippen molar-refractivity contribution in [2.45, 2.75) is 24.8 Å². The van der Waals surface area contributed by atoms with Crippen LogP contribution in [0.3, 0.4) is 0 Å². The molecule has 0 spiro atoms. The topological polar surface area (TPSA) is 78.9 Å². The lowest BCUT2D eigenvalue weighted by molar-refractivity contribution is -0.133. The number of aromatic nitrogens is 2. The van der Waals surface area contributed by atoms with Gasteiger partial charge in [0.2, 0.25) is 0 Å². The van der Waals surface area contributed by atoms with E-state index in [2.05, 4.69) is 18.1 Å². The molecule has 1 N–H and O–H groups in total. The predicted molar refractivity (Wildman–Crippen MR) is 80.6 cm³/mol. The fraction of sp³-hybridized carbons (Fsp3) is 0.267. The van der Waals surface area contributed by atoms with Crippen molar-refractivity contribution in [3.8, 4) is 11.8 Å². The highest BCUT2D eigenvalue weighted by Gasteiger charge is 2.12. The Labute approximate surface area is 127 Å². The summed E-state index contributed by atoms with van der Waals surface area (Å²) in [6.45, 7) is 2.07. The molecule has 2 rings (SSSR count). The Morgan fingerprint density at radius 3 is 2.95 bits per heavy atom. The number of carbonyl (C=O) groups is 1. The number of nitriles is 1. The number of hydrogen-bond acceptors (Lipinski definition) is 4. The lowest BCUT2D eigenvalue weighted by atomic mass is 10.2. The summed E-state index contributed by atoms with van der Waals surface area (Å²) < 4.78 is 1.71. The third kappa shape index (κ3) is 3.86. The minimum absolute atomic E-state index is 0.0187. The van der Waals surface area contributed by atoms with Crippen LogP contribution < -0.4 is 0 Å². The van der Waals surface area contributed by atoms with E-state index in [1.807, 2.05) is 12.1 Å². The molecule has 108 valence electrons. The van der Waals surface area contributed by atoms with Crippen LogP contribution in [0.4, 0.5) is 0 Å². The van der Waals surface area contributed by atoms with Gasteiger partial charge in [0, 0.05) is 0 Å². The molecule has 0 saturated heterocycles. The van der Waals surface area contributed by atoms with Crippen molar-refractivity contribution in [1.29, 1.82) is 5.26 Å². The van der Waals surface area contributed by atoms with Crippen molar-refractivity contribution in [3.63, 3.8) is 0 Å². The third-order valence-corrected chi connectivity index (χ3v) is 3.77. The largest absolute Gasteiger partial charge is 0.481 e. The molecule has 0 aliphatic carbocycles. The van der Waals surface area contributed by atoms with E-state index in [0.717, 1.165) is 29.2 Å². The minimum Gasteiger partial charge on any atom is -0.481 e. The van der Waals surface area contributed by atoms with E-state index in [4.69, 9.17) is 10.4 Å². The van der Waals surface area contributed by atoms with E-state index >= 15 is 0 Å². The Bertz CT molecular complexity index is 688. The number of benzene rings is 1. The average molecular weight is 301 g/mol. The van der Waals surface area contributed by atoms with Gasteiger partial charge in [0.25, 0.3) is 0 Å². The Hall–Kier alpha value is -2.26. The molecular weight excluding hydrogens is 286 g/mol. The maximum absolute atomic E-state index is 10.8. The summed E-state index contributed by atoms with van der Waals surface area (Å²) in [7, 11) is 0. The number of carboxylic acids is 1. The van der Waals surface area contributed by atoms with Gasteiger partial charge in [-0.2, -0.15) is 10.4 Å². The minimum atomic E-state index is -0.865. The lowest BCUT2D eigenvalue weighted by Crippen LogP contribution is -2.02. The predicted octanol–water partition coefficient (Wildman–Crippen LogP) is 2.87. The van der Waals surface area contributed by atoms with Crippen molar-refractivity contribution in [1.82, 2.24) is 9.78 Å². The van der Waals surface area contributed by atoms with Crippen LogP contribution in [-0.2, 0) is 11.2 Å². The van der Waals surface area contributed by atoms with Gasteiger partial charge in [-0.05, 0) is 30.7 Å². The van der Waals surface area contributed by atoms with Gasteiger partial charge < -0.3 is 5.11 Å². The zero-order valence-corrected chi connectivity index (χ0v) is 12.4. The van der Waals surface area contributed by atoms with Crippen LogP contribution in [0.15, 0.2) is 35.4 Å². The molecule has 0 amide bonds. The molecule has 0 fully saturated rings. The Morgan fingerprint density at radius 2 is 2.29 bits per heavy atom. The molecule has 1 aromatic heterocycles. The molecule has 1 heterocycles. The highest BCUT2D eigenvalue weighted by atomic mass is 32.2. The Morgan fingerprint density at radius 1 is 1.48 bits per heavy atom. The van der Waals surface area contributed by atoms with E-state index < -0.39 is 5.97 Å². The zero-order chi connectivity index (χ0) is 15.2. The number of aliphatic carboxylic acids is 1. The van der Waals surface area contributed by atoms with Crippen LogP contribution >= 0.6 is 11.8 Å². The van der Waals surface area contributed by atoms with E-state index in [1.54, 1.807) is 22.9 Å². The van der Waals surface area contributed by atoms with Crippen molar-refractivity contribution >= 4 is 17.7 Å². The first kappa shape index (κ1) is 15.1. The summed E-state index contributed by atoms with van der Waals surface area (Å²) in [4.78, 5) is 10.8. The van der Waals surface area contributed by atoms with Gasteiger partial charge >= 0.3 is 5.97 Å². The van der Waals surface area contributed by atoms with E-state index in [0.29, 0.717) is 5.56 Å². The van der Waals surface area contributed by atoms with E-state index in [1.165, 1.54) is 11.8 Å². The van der Waals surface area contributed by atoms with Gasteiger partial charge in [0.1, 0.15) is 5.03 Å². The summed E-state index contributed by atoms with van der Waals surface area (Å²) >= 11 is 1.23. The molecule has 6 heteroatoms. The molecular formula is C15H15N3O2S. The van der Waals surface area contributed by atoms with Crippen molar-refractivity contribution in [3.05, 3.63) is 41.6 Å². The maximum atomic E-state index is 10.8. The van der Waals surface area contributed by atoms with Gasteiger partial charge in [-0.15, -0.1) is 0 Å². The first-order valence-corrected chi connectivity index (χ1v) is 7.56. The molecule has 2 aromatic rings. The Balaban J connectivity index is 2.39. The third-order valence-electron chi connectivity index (χ3n) is 2.80. The van der Waals surface area contributed by atoms with Gasteiger partial charge in [0.15, 0.2) is 0 Å². The molecule has 0 bridgehead atoms. The van der Waals surface area contributed by atoms with Crippen LogP contribution in [0.2, 0.25) is 0 Å². The van der Waals surface area contributed by atoms with Crippen LogP contribution in [0.1, 0.15) is 24.6 Å². The normalized spacial score (nSPS) is 10.3. The second-order valence-electron chi connectivity index (χ2n) is 4.48. The molecule has 0 unspecified atom stereocenters. The monoisotopic (exact) mass is 301 g/mol. The van der Waals surface area contributed by atoms with Crippen molar-refractivity contribution in [2.75, 3.05) is 5.75 Å². The summed E-state index contributed by atoms with van der Waals surface area (Å²) in [5.74, 6) is -0.884. The Kier molecular flexibility index (Phi) is 5.01. The highest BCUT2D eigenvalue weighted by molar-refractivity contribution is 7.99. The highest BCUT2D eigenvalue weighted by Crippen LogP contribution is 2.24. The van der Waals surface area contributed by atoms with Crippen molar-refractivity contribution < 1.29 is 9.90 Å². The molecule has 0 aliphatic rings. The second-order valence-corrected chi connectivity index (χ2v) is 5.48. The smallest absolute Gasteiger partial charge is 0.313 e. The number of aryl methyl sites for hydroxylation is 1. The molecule has 0 aliphatic heterocycles. The van der Waals surface area contributed by atoms with E-state index in [-0.39, 0.29) is 5.75 Å². The molecule has 1 aromatic carbocycles. The van der Waals surface area contributed by atoms with Crippen LogP contribution in [-0.4, -0.2) is 26.6 Å². The van der Waals surface area contributed by atoms with Gasteiger partial charge in [-0.3, -0.25) is 4.79 Å². The maximum Gasteiger partial charge on any atom is 0.313 e. The quantitative estimate of drug-likeness (QED) is 0.830. The number of carboxylic acid groups (broad SMARTS) is 1. The first-order chi connectivity index (χ1) is 10.1. The standard InChI is InChI=1S/C15H15N3O2S/c1-2-4-12-8-14(21-10-15(19)20)18(17-12)13-6-3-5-11(7-13)9-16/h3,5-8H,2,4,10H2,1H3,(H,19,20).